The van der Waals surface area contributed by atoms with E-state index in [2.05, 4.69) is 0 Å². The van der Waals surface area contributed by atoms with Crippen molar-refractivity contribution in [2.75, 3.05) is 20.8 Å². The third-order valence-electron chi connectivity index (χ3n) is 4.00. The zero-order chi connectivity index (χ0) is 19.4. The zero-order valence-corrected chi connectivity index (χ0v) is 15.6. The predicted molar refractivity (Wildman–Crippen MR) is 103 cm³/mol. The van der Waals surface area contributed by atoms with Crippen LogP contribution in [0.1, 0.15) is 15.9 Å². The summed E-state index contributed by atoms with van der Waals surface area (Å²) in [4.78, 5) is 38.4. The monoisotopic (exact) mass is 383 g/mol. The Labute approximate surface area is 160 Å². The number of amides is 2. The molecule has 0 N–H and O–H groups in total. The molecule has 6 nitrogen and oxygen atoms in total. The predicted octanol–water partition coefficient (Wildman–Crippen LogP) is 3.62. The largest absolute Gasteiger partial charge is 0.497 e. The van der Waals surface area contributed by atoms with Gasteiger partial charge in [-0.05, 0) is 30.0 Å². The summed E-state index contributed by atoms with van der Waals surface area (Å²) in [7, 11) is 3.06. The maximum absolute atomic E-state index is 12.6. The molecule has 27 heavy (non-hydrogen) atoms. The topological polar surface area (TPSA) is 72.9 Å². The van der Waals surface area contributed by atoms with Crippen LogP contribution in [0.15, 0.2) is 53.4 Å². The summed E-state index contributed by atoms with van der Waals surface area (Å²) in [5.74, 6) is 0.348. The number of ether oxygens (including phenoxy) is 2. The Kier molecular flexibility index (Phi) is 5.61. The second-order valence-corrected chi connectivity index (χ2v) is 6.66. The fourth-order valence-corrected chi connectivity index (χ4v) is 3.40. The van der Waals surface area contributed by atoms with E-state index in [-0.39, 0.29) is 17.2 Å². The van der Waals surface area contributed by atoms with E-state index in [0.717, 1.165) is 16.7 Å². The van der Waals surface area contributed by atoms with E-state index in [1.807, 2.05) is 0 Å². The minimum atomic E-state index is -0.493. The number of hydrogen-bond donors (Lipinski definition) is 0. The van der Waals surface area contributed by atoms with E-state index < -0.39 is 11.1 Å². The van der Waals surface area contributed by atoms with Gasteiger partial charge in [-0.1, -0.05) is 30.3 Å². The summed E-state index contributed by atoms with van der Waals surface area (Å²) in [6, 6.07) is 13.7. The molecule has 7 heteroatoms. The molecular formula is C20H17NO5S. The van der Waals surface area contributed by atoms with Gasteiger partial charge in [-0.25, -0.2) is 0 Å². The lowest BCUT2D eigenvalue weighted by molar-refractivity contribution is -0.122. The van der Waals surface area contributed by atoms with E-state index in [1.54, 1.807) is 61.7 Å². The second kappa shape index (κ2) is 8.09. The van der Waals surface area contributed by atoms with Crippen LogP contribution in [-0.4, -0.2) is 42.6 Å². The first-order valence-corrected chi connectivity index (χ1v) is 8.90. The highest BCUT2D eigenvalue weighted by Gasteiger charge is 2.36. The van der Waals surface area contributed by atoms with Crippen LogP contribution in [-0.2, 0) is 4.79 Å². The van der Waals surface area contributed by atoms with E-state index in [4.69, 9.17) is 9.47 Å². The molecule has 0 spiro atoms. The minimum absolute atomic E-state index is 0.240. The minimum Gasteiger partial charge on any atom is -0.497 e. The van der Waals surface area contributed by atoms with E-state index >= 15 is 0 Å². The van der Waals surface area contributed by atoms with Gasteiger partial charge in [0.25, 0.3) is 11.1 Å². The van der Waals surface area contributed by atoms with Crippen LogP contribution in [0.5, 0.6) is 11.5 Å². The first-order valence-electron chi connectivity index (χ1n) is 8.09. The average Bonchev–Trinajstić information content (AvgIpc) is 2.96. The fraction of sp³-hybridized carbons (Fsp3) is 0.150. The zero-order valence-electron chi connectivity index (χ0n) is 14.8. The van der Waals surface area contributed by atoms with E-state index in [0.29, 0.717) is 22.6 Å². The highest BCUT2D eigenvalue weighted by molar-refractivity contribution is 8.18. The van der Waals surface area contributed by atoms with Crippen LogP contribution in [0.3, 0.4) is 0 Å². The molecule has 2 aromatic rings. The Balaban J connectivity index is 1.82. The summed E-state index contributed by atoms with van der Waals surface area (Å²) >= 11 is 0.802. The van der Waals surface area contributed by atoms with Crippen molar-refractivity contribution < 1.29 is 23.9 Å². The number of carbonyl (C=O) groups is 3. The van der Waals surface area contributed by atoms with Crippen LogP contribution in [0.2, 0.25) is 0 Å². The number of ketones is 1. The summed E-state index contributed by atoms with van der Waals surface area (Å²) in [5.41, 5.74) is 1.09. The molecule has 1 heterocycles. The van der Waals surface area contributed by atoms with Gasteiger partial charge in [-0.15, -0.1) is 0 Å². The SMILES string of the molecule is COc1ccc(C=C2SC(=O)N(CC(=O)c3ccccc3)C2=O)c(OC)c1. The average molecular weight is 383 g/mol. The van der Waals surface area contributed by atoms with Gasteiger partial charge >= 0.3 is 0 Å². The molecule has 0 aliphatic carbocycles. The molecule has 1 saturated heterocycles. The van der Waals surface area contributed by atoms with Crippen molar-refractivity contribution in [2.45, 2.75) is 0 Å². The molecule has 0 aromatic heterocycles. The first kappa shape index (κ1) is 18.7. The van der Waals surface area contributed by atoms with Crippen molar-refractivity contribution in [1.29, 1.82) is 0 Å². The van der Waals surface area contributed by atoms with Crippen molar-refractivity contribution in [3.8, 4) is 11.5 Å². The molecule has 3 rings (SSSR count). The molecule has 1 fully saturated rings. The van der Waals surface area contributed by atoms with Crippen molar-refractivity contribution in [3.63, 3.8) is 0 Å². The maximum Gasteiger partial charge on any atom is 0.293 e. The van der Waals surface area contributed by atoms with Gasteiger partial charge in [-0.2, -0.15) is 0 Å². The highest BCUT2D eigenvalue weighted by atomic mass is 32.2. The molecule has 1 aliphatic heterocycles. The maximum atomic E-state index is 12.6. The smallest absolute Gasteiger partial charge is 0.293 e. The van der Waals surface area contributed by atoms with Crippen molar-refractivity contribution in [2.24, 2.45) is 0 Å². The number of thioether (sulfide) groups is 1. The first-order chi connectivity index (χ1) is 13.0. The van der Waals surface area contributed by atoms with Crippen molar-refractivity contribution in [1.82, 2.24) is 4.90 Å². The Morgan fingerprint density at radius 3 is 2.48 bits per heavy atom. The lowest BCUT2D eigenvalue weighted by atomic mass is 10.1. The number of imide groups is 1. The van der Waals surface area contributed by atoms with E-state index in [9.17, 15) is 14.4 Å². The fourth-order valence-electron chi connectivity index (χ4n) is 2.57. The molecule has 0 bridgehead atoms. The van der Waals surface area contributed by atoms with E-state index in [1.165, 1.54) is 7.11 Å². The third-order valence-corrected chi connectivity index (χ3v) is 4.91. The number of hydrogen-bond acceptors (Lipinski definition) is 6. The summed E-state index contributed by atoms with van der Waals surface area (Å²) in [6.07, 6.45) is 1.58. The quantitative estimate of drug-likeness (QED) is 0.560. The lowest BCUT2D eigenvalue weighted by Gasteiger charge is -2.11. The molecule has 0 saturated carbocycles. The van der Waals surface area contributed by atoms with Gasteiger partial charge in [0, 0.05) is 17.2 Å². The van der Waals surface area contributed by atoms with Crippen molar-refractivity contribution >= 4 is 34.8 Å². The second-order valence-electron chi connectivity index (χ2n) is 5.66. The van der Waals surface area contributed by atoms with Gasteiger partial charge in [0.1, 0.15) is 11.5 Å². The Bertz CT molecular complexity index is 923. The molecule has 1 aliphatic rings. The summed E-state index contributed by atoms with van der Waals surface area (Å²) < 4.78 is 10.5. The lowest BCUT2D eigenvalue weighted by Crippen LogP contribution is -2.33. The highest BCUT2D eigenvalue weighted by Crippen LogP contribution is 2.35. The Hall–Kier alpha value is -3.06. The number of benzene rings is 2. The molecular weight excluding hydrogens is 366 g/mol. The molecule has 0 unspecified atom stereocenters. The van der Waals surface area contributed by atoms with Crippen molar-refractivity contribution in [3.05, 3.63) is 64.6 Å². The number of Topliss-reactive ketones (excluding diaryl/α,β-unsaturated/α-hetero) is 1. The normalized spacial score (nSPS) is 15.3. The van der Waals surface area contributed by atoms with Crippen LogP contribution in [0.25, 0.3) is 6.08 Å². The van der Waals surface area contributed by atoms with Crippen LogP contribution in [0.4, 0.5) is 4.79 Å². The number of carbonyl (C=O) groups excluding carboxylic acids is 3. The summed E-state index contributed by atoms with van der Waals surface area (Å²) in [5, 5.41) is -0.469. The number of nitrogens with zero attached hydrogens (tertiary/aromatic N) is 1. The third kappa shape index (κ3) is 4.03. The molecule has 2 aromatic carbocycles. The Morgan fingerprint density at radius 1 is 1.07 bits per heavy atom. The number of rotatable bonds is 6. The van der Waals surface area contributed by atoms with Gasteiger partial charge in [0.15, 0.2) is 5.78 Å². The summed E-state index contributed by atoms with van der Waals surface area (Å²) in [6.45, 7) is -0.286. The van der Waals surface area contributed by atoms with Gasteiger partial charge in [0.05, 0.1) is 25.7 Å². The number of methoxy groups -OCH3 is 2. The molecule has 0 atom stereocenters. The van der Waals surface area contributed by atoms with Gasteiger partial charge < -0.3 is 9.47 Å². The van der Waals surface area contributed by atoms with Gasteiger partial charge in [-0.3, -0.25) is 19.3 Å². The standard InChI is InChI=1S/C20H17NO5S/c1-25-15-9-8-14(17(11-15)26-2)10-18-19(23)21(20(24)27-18)12-16(22)13-6-4-3-5-7-13/h3-11H,12H2,1-2H3. The van der Waals surface area contributed by atoms with Crippen LogP contribution in [0, 0.1) is 0 Å². The van der Waals surface area contributed by atoms with Crippen LogP contribution < -0.4 is 9.47 Å². The van der Waals surface area contributed by atoms with Crippen LogP contribution >= 0.6 is 11.8 Å². The molecule has 0 radical (unpaired) electrons. The molecule has 138 valence electrons. The van der Waals surface area contributed by atoms with Gasteiger partial charge in [0.2, 0.25) is 0 Å². The Morgan fingerprint density at radius 2 is 1.81 bits per heavy atom. The molecule has 2 amide bonds.